The van der Waals surface area contributed by atoms with Gasteiger partial charge in [-0.25, -0.2) is 0 Å². The largest absolute Gasteiger partial charge is 0.393 e. The topological polar surface area (TPSA) is 88.9 Å². The molecule has 5 aliphatic rings. The Bertz CT molecular complexity index is 1090. The summed E-state index contributed by atoms with van der Waals surface area (Å²) in [6.07, 6.45) is 13.1. The van der Waals surface area contributed by atoms with Gasteiger partial charge in [0.05, 0.1) is 31.6 Å². The SMILES string of the molecule is C[C@H]1C(O)C2C(CC[C@@]3(C)C2CC[C@@H]3[C@H](C)CCOP2(=O)C[C@H](c3ccncc3)CCO2)[C@@]2(C)CC[C@@H](O)CC12. The van der Waals surface area contributed by atoms with Crippen LogP contribution in [0.3, 0.4) is 0 Å². The molecule has 5 fully saturated rings. The Morgan fingerprint density at radius 2 is 1.77 bits per heavy atom. The maximum Gasteiger partial charge on any atom is 0.331 e. The first kappa shape index (κ1) is 29.3. The van der Waals surface area contributed by atoms with Crippen LogP contribution in [0.25, 0.3) is 0 Å². The van der Waals surface area contributed by atoms with Crippen molar-refractivity contribution in [1.82, 2.24) is 4.98 Å². The van der Waals surface area contributed by atoms with E-state index in [9.17, 15) is 14.8 Å². The van der Waals surface area contributed by atoms with Crippen LogP contribution in [0.2, 0.25) is 0 Å². The van der Waals surface area contributed by atoms with Crippen LogP contribution < -0.4 is 0 Å². The minimum atomic E-state index is -3.10. The number of aliphatic hydroxyl groups is 2. The zero-order chi connectivity index (χ0) is 28.3. The molecule has 6 rings (SSSR count). The van der Waals surface area contributed by atoms with Gasteiger partial charge < -0.3 is 19.3 Å². The summed E-state index contributed by atoms with van der Waals surface area (Å²) in [5.74, 6) is 3.44. The molecule has 1 saturated heterocycles. The van der Waals surface area contributed by atoms with Crippen LogP contribution in [0.5, 0.6) is 0 Å². The number of fused-ring (bicyclic) bond motifs is 5. The van der Waals surface area contributed by atoms with Crippen LogP contribution in [-0.2, 0) is 13.6 Å². The van der Waals surface area contributed by atoms with Crippen LogP contribution in [0.1, 0.15) is 97.0 Å². The molecule has 0 bridgehead atoms. The average molecular weight is 574 g/mol. The molecule has 6 unspecified atom stereocenters. The molecule has 1 aromatic rings. The summed E-state index contributed by atoms with van der Waals surface area (Å²) in [5, 5.41) is 22.2. The lowest BCUT2D eigenvalue weighted by Crippen LogP contribution is -2.61. The Morgan fingerprint density at radius 1 is 1.05 bits per heavy atom. The van der Waals surface area contributed by atoms with E-state index < -0.39 is 7.60 Å². The van der Waals surface area contributed by atoms with Crippen molar-refractivity contribution >= 4 is 7.60 Å². The Balaban J connectivity index is 1.10. The van der Waals surface area contributed by atoms with E-state index in [0.717, 1.165) is 32.1 Å². The van der Waals surface area contributed by atoms with Gasteiger partial charge in [0.25, 0.3) is 0 Å². The van der Waals surface area contributed by atoms with Gasteiger partial charge in [-0.05, 0) is 134 Å². The standard InChI is InChI=1S/C33H52NO5P/c1-21(11-17-38-40(37)20-24(12-18-39-40)23-9-15-34-16-10-23)26-5-6-27-30-28(8-14-32(26,27)3)33(4)13-7-25(35)19-29(33)22(2)31(30)36/h9-10,15-16,21-22,24-31,35-36H,5-8,11-14,17-20H2,1-4H3/t21-,22-,24-,25-,26-,27?,28?,29?,30?,31?,32-,33-,40?/m1/s1. The minimum absolute atomic E-state index is 0.197. The number of aromatic nitrogens is 1. The van der Waals surface area contributed by atoms with E-state index in [2.05, 4.69) is 32.7 Å². The van der Waals surface area contributed by atoms with Crippen molar-refractivity contribution in [2.24, 2.45) is 52.3 Å². The summed E-state index contributed by atoms with van der Waals surface area (Å²) in [6.45, 7) is 10.6. The second-order valence-corrected chi connectivity index (χ2v) is 17.0. The molecule has 224 valence electrons. The maximum absolute atomic E-state index is 13.5. The Kier molecular flexibility index (Phi) is 8.09. The fourth-order valence-electron chi connectivity index (χ4n) is 10.9. The molecule has 0 radical (unpaired) electrons. The first-order valence-electron chi connectivity index (χ1n) is 16.2. The number of nitrogens with zero attached hydrogens (tertiary/aromatic N) is 1. The van der Waals surface area contributed by atoms with Crippen molar-refractivity contribution in [2.45, 2.75) is 104 Å². The van der Waals surface area contributed by atoms with Gasteiger partial charge in [0.2, 0.25) is 0 Å². The summed E-state index contributed by atoms with van der Waals surface area (Å²) in [4.78, 5) is 4.12. The van der Waals surface area contributed by atoms with E-state index in [1.807, 2.05) is 12.1 Å². The van der Waals surface area contributed by atoms with Crippen molar-refractivity contribution in [2.75, 3.05) is 19.4 Å². The molecule has 0 aromatic carbocycles. The molecule has 7 heteroatoms. The van der Waals surface area contributed by atoms with E-state index in [1.165, 1.54) is 31.2 Å². The molecule has 0 amide bonds. The van der Waals surface area contributed by atoms with Crippen molar-refractivity contribution in [3.05, 3.63) is 30.1 Å². The lowest BCUT2D eigenvalue weighted by molar-refractivity contribution is -0.199. The van der Waals surface area contributed by atoms with Gasteiger partial charge in [0.15, 0.2) is 0 Å². The van der Waals surface area contributed by atoms with Crippen molar-refractivity contribution in [3.63, 3.8) is 0 Å². The molecule has 4 saturated carbocycles. The predicted octanol–water partition coefficient (Wildman–Crippen LogP) is 7.06. The molecule has 0 spiro atoms. The van der Waals surface area contributed by atoms with Crippen LogP contribution in [0.15, 0.2) is 24.5 Å². The van der Waals surface area contributed by atoms with Crippen LogP contribution >= 0.6 is 7.60 Å². The highest BCUT2D eigenvalue weighted by Gasteiger charge is 2.64. The van der Waals surface area contributed by atoms with Gasteiger partial charge >= 0.3 is 7.60 Å². The monoisotopic (exact) mass is 573 g/mol. The van der Waals surface area contributed by atoms with Crippen molar-refractivity contribution in [3.8, 4) is 0 Å². The molecule has 13 atom stereocenters. The van der Waals surface area contributed by atoms with Crippen LogP contribution in [0.4, 0.5) is 0 Å². The third-order valence-electron chi connectivity index (χ3n) is 13.1. The maximum atomic E-state index is 13.5. The van der Waals surface area contributed by atoms with E-state index in [1.54, 1.807) is 12.4 Å². The zero-order valence-electron chi connectivity index (χ0n) is 25.1. The third kappa shape index (κ3) is 4.96. The zero-order valence-corrected chi connectivity index (χ0v) is 26.0. The second kappa shape index (κ2) is 11.1. The number of pyridine rings is 1. The van der Waals surface area contributed by atoms with E-state index >= 15 is 0 Å². The average Bonchev–Trinajstić information content (AvgIpc) is 3.30. The summed E-state index contributed by atoms with van der Waals surface area (Å²) in [6, 6.07) is 4.02. The lowest BCUT2D eigenvalue weighted by Gasteiger charge is -2.64. The number of rotatable bonds is 6. The number of aliphatic hydroxyl groups excluding tert-OH is 2. The molecular formula is C33H52NO5P. The lowest BCUT2D eigenvalue weighted by atomic mass is 9.42. The van der Waals surface area contributed by atoms with Crippen molar-refractivity contribution in [1.29, 1.82) is 0 Å². The second-order valence-electron chi connectivity index (χ2n) is 14.9. The van der Waals surface area contributed by atoms with Crippen LogP contribution in [0, 0.1) is 52.3 Å². The quantitative estimate of drug-likeness (QED) is 0.354. The fourth-order valence-corrected chi connectivity index (χ4v) is 12.9. The van der Waals surface area contributed by atoms with E-state index in [-0.39, 0.29) is 34.9 Å². The first-order chi connectivity index (χ1) is 19.1. The van der Waals surface area contributed by atoms with Gasteiger partial charge in [0.1, 0.15) is 0 Å². The van der Waals surface area contributed by atoms with Gasteiger partial charge in [-0.1, -0.05) is 27.7 Å². The first-order valence-corrected chi connectivity index (χ1v) is 17.9. The highest BCUT2D eigenvalue weighted by molar-refractivity contribution is 7.53. The van der Waals surface area contributed by atoms with E-state index in [4.69, 9.17) is 9.05 Å². The van der Waals surface area contributed by atoms with Gasteiger partial charge in [-0.15, -0.1) is 0 Å². The molecule has 1 aromatic heterocycles. The molecule has 1 aliphatic heterocycles. The molecule has 4 aliphatic carbocycles. The Morgan fingerprint density at radius 3 is 2.55 bits per heavy atom. The molecule has 2 N–H and O–H groups in total. The van der Waals surface area contributed by atoms with Crippen molar-refractivity contribution < 1.29 is 23.8 Å². The molecular weight excluding hydrogens is 521 g/mol. The van der Waals surface area contributed by atoms with Crippen LogP contribution in [-0.4, -0.2) is 46.8 Å². The fraction of sp³-hybridized carbons (Fsp3) is 0.848. The summed E-state index contributed by atoms with van der Waals surface area (Å²) in [5.41, 5.74) is 1.64. The summed E-state index contributed by atoms with van der Waals surface area (Å²) in [7, 11) is -3.10. The predicted molar refractivity (Wildman–Crippen MR) is 157 cm³/mol. The minimum Gasteiger partial charge on any atom is -0.393 e. The Labute approximate surface area is 241 Å². The smallest absolute Gasteiger partial charge is 0.331 e. The van der Waals surface area contributed by atoms with Gasteiger partial charge in [-0.2, -0.15) is 0 Å². The Hall–Kier alpha value is -0.780. The third-order valence-corrected chi connectivity index (χ3v) is 15.2. The molecule has 6 nitrogen and oxygen atoms in total. The normalized spacial score (nSPS) is 49.5. The highest BCUT2D eigenvalue weighted by Crippen LogP contribution is 2.69. The molecule has 2 heterocycles. The van der Waals surface area contributed by atoms with Gasteiger partial charge in [0, 0.05) is 12.4 Å². The van der Waals surface area contributed by atoms with Gasteiger partial charge in [-0.3, -0.25) is 9.55 Å². The number of hydrogen-bond acceptors (Lipinski definition) is 6. The highest BCUT2D eigenvalue weighted by atomic mass is 31.2. The summed E-state index contributed by atoms with van der Waals surface area (Å²) < 4.78 is 25.3. The molecule has 40 heavy (non-hydrogen) atoms. The number of hydrogen-bond donors (Lipinski definition) is 2. The van der Waals surface area contributed by atoms with E-state index in [0.29, 0.717) is 54.9 Å². The summed E-state index contributed by atoms with van der Waals surface area (Å²) >= 11 is 0.